The summed E-state index contributed by atoms with van der Waals surface area (Å²) in [5, 5.41) is 10.3. The Kier molecular flexibility index (Phi) is 5.23. The fraction of sp³-hybridized carbons (Fsp3) is 0.435. The van der Waals surface area contributed by atoms with Gasteiger partial charge in [-0.05, 0) is 37.3 Å². The van der Waals surface area contributed by atoms with Crippen LogP contribution in [0.4, 0.5) is 5.95 Å². The lowest BCUT2D eigenvalue weighted by molar-refractivity contribution is -0.137. The lowest BCUT2D eigenvalue weighted by Crippen LogP contribution is -2.38. The van der Waals surface area contributed by atoms with E-state index in [-0.39, 0.29) is 12.1 Å². The molecule has 0 saturated carbocycles. The Labute approximate surface area is 180 Å². The van der Waals surface area contributed by atoms with Crippen LogP contribution in [0.15, 0.2) is 35.3 Å². The Balaban J connectivity index is 1.40. The van der Waals surface area contributed by atoms with E-state index in [1.54, 1.807) is 4.57 Å². The van der Waals surface area contributed by atoms with E-state index < -0.39 is 5.97 Å². The Hall–Kier alpha value is -3.13. The van der Waals surface area contributed by atoms with Crippen LogP contribution in [-0.4, -0.2) is 50.1 Å². The summed E-state index contributed by atoms with van der Waals surface area (Å²) in [4.78, 5) is 36.3. The number of aromatic nitrogens is 3. The Bertz CT molecular complexity index is 1180. The van der Waals surface area contributed by atoms with Crippen molar-refractivity contribution in [3.05, 3.63) is 57.6 Å². The van der Waals surface area contributed by atoms with E-state index in [9.17, 15) is 14.7 Å². The van der Waals surface area contributed by atoms with E-state index in [0.717, 1.165) is 60.2 Å². The van der Waals surface area contributed by atoms with Crippen LogP contribution in [-0.2, 0) is 30.8 Å². The van der Waals surface area contributed by atoms with Gasteiger partial charge in [-0.2, -0.15) is 0 Å². The summed E-state index contributed by atoms with van der Waals surface area (Å²) in [6, 6.07) is 7.91. The number of H-pyrrole nitrogens is 1. The number of hydrogen-bond donors (Lipinski definition) is 2. The molecule has 1 saturated heterocycles. The molecule has 2 aliphatic rings. The molecule has 2 aliphatic heterocycles. The highest BCUT2D eigenvalue weighted by atomic mass is 16.4. The Morgan fingerprint density at radius 2 is 1.94 bits per heavy atom. The molecule has 2 aromatic heterocycles. The molecule has 0 aliphatic carbocycles. The first-order chi connectivity index (χ1) is 15.1. The maximum Gasteiger partial charge on any atom is 0.323 e. The van der Waals surface area contributed by atoms with Gasteiger partial charge in [0.15, 0.2) is 0 Å². The maximum absolute atomic E-state index is 12.7. The summed E-state index contributed by atoms with van der Waals surface area (Å²) in [6.07, 6.45) is 6.11. The van der Waals surface area contributed by atoms with Gasteiger partial charge >= 0.3 is 5.97 Å². The number of aliphatic carboxylic acids is 1. The molecule has 0 bridgehead atoms. The van der Waals surface area contributed by atoms with Crippen LogP contribution >= 0.6 is 0 Å². The lowest BCUT2D eigenvalue weighted by Gasteiger charge is -2.30. The molecule has 2 N–H and O–H groups in total. The molecular formula is C23H27N5O3. The Morgan fingerprint density at radius 1 is 1.13 bits per heavy atom. The zero-order valence-electron chi connectivity index (χ0n) is 17.5. The number of aromatic amines is 1. The molecule has 1 aromatic carbocycles. The number of carboxylic acid groups (broad SMARTS) is 1. The third-order valence-electron chi connectivity index (χ3n) is 6.37. The summed E-state index contributed by atoms with van der Waals surface area (Å²) in [6.45, 7) is 3.92. The van der Waals surface area contributed by atoms with Crippen LogP contribution in [0, 0.1) is 0 Å². The lowest BCUT2D eigenvalue weighted by atomic mass is 10.1. The molecule has 0 unspecified atom stereocenters. The SMILES string of the molecule is O=C(O)Cn1cc(CN2CCc3c(nc(N4CCCCC4)[nH]c3=O)C2)c2ccccc21. The molecule has 0 spiro atoms. The van der Waals surface area contributed by atoms with Crippen LogP contribution < -0.4 is 10.5 Å². The van der Waals surface area contributed by atoms with Crippen LogP contribution in [0.25, 0.3) is 10.9 Å². The van der Waals surface area contributed by atoms with Crippen LogP contribution in [0.1, 0.15) is 36.1 Å². The van der Waals surface area contributed by atoms with Crippen molar-refractivity contribution in [1.29, 1.82) is 0 Å². The first-order valence-electron chi connectivity index (χ1n) is 11.0. The van der Waals surface area contributed by atoms with E-state index >= 15 is 0 Å². The minimum atomic E-state index is -0.854. The number of carboxylic acids is 1. The highest BCUT2D eigenvalue weighted by Crippen LogP contribution is 2.25. The number of benzene rings is 1. The topological polar surface area (TPSA) is 94.5 Å². The van der Waals surface area contributed by atoms with Gasteiger partial charge < -0.3 is 14.6 Å². The van der Waals surface area contributed by atoms with E-state index in [0.29, 0.717) is 25.5 Å². The average molecular weight is 422 g/mol. The smallest absolute Gasteiger partial charge is 0.323 e. The summed E-state index contributed by atoms with van der Waals surface area (Å²) in [5.41, 5.74) is 3.68. The van der Waals surface area contributed by atoms with E-state index in [1.807, 2.05) is 30.5 Å². The maximum atomic E-state index is 12.7. The van der Waals surface area contributed by atoms with Crippen LogP contribution in [0.3, 0.4) is 0 Å². The fourth-order valence-electron chi connectivity index (χ4n) is 4.84. The van der Waals surface area contributed by atoms with Crippen molar-refractivity contribution in [3.8, 4) is 0 Å². The predicted molar refractivity (Wildman–Crippen MR) is 118 cm³/mol. The number of nitrogens with zero attached hydrogens (tertiary/aromatic N) is 4. The molecule has 8 heteroatoms. The highest BCUT2D eigenvalue weighted by Gasteiger charge is 2.24. The third-order valence-corrected chi connectivity index (χ3v) is 6.37. The summed E-state index contributed by atoms with van der Waals surface area (Å²) in [7, 11) is 0. The van der Waals surface area contributed by atoms with Gasteiger partial charge in [-0.1, -0.05) is 18.2 Å². The number of rotatable bonds is 5. The molecule has 162 valence electrons. The number of fused-ring (bicyclic) bond motifs is 2. The van der Waals surface area contributed by atoms with Crippen molar-refractivity contribution in [3.63, 3.8) is 0 Å². The second kappa shape index (κ2) is 8.19. The highest BCUT2D eigenvalue weighted by molar-refractivity contribution is 5.85. The summed E-state index contributed by atoms with van der Waals surface area (Å²) < 4.78 is 1.79. The summed E-state index contributed by atoms with van der Waals surface area (Å²) in [5.74, 6) is -0.156. The minimum absolute atomic E-state index is 0.0108. The monoisotopic (exact) mass is 421 g/mol. The first kappa shape index (κ1) is 19.8. The number of piperidine rings is 1. The second-order valence-electron chi connectivity index (χ2n) is 8.52. The molecule has 5 rings (SSSR count). The van der Waals surface area contributed by atoms with Crippen molar-refractivity contribution in [2.24, 2.45) is 0 Å². The van der Waals surface area contributed by atoms with E-state index in [4.69, 9.17) is 4.98 Å². The molecule has 3 aromatic rings. The van der Waals surface area contributed by atoms with Crippen molar-refractivity contribution in [1.82, 2.24) is 19.4 Å². The van der Waals surface area contributed by atoms with Gasteiger partial charge in [0.25, 0.3) is 5.56 Å². The van der Waals surface area contributed by atoms with Crippen molar-refractivity contribution in [2.45, 2.75) is 45.3 Å². The predicted octanol–water partition coefficient (Wildman–Crippen LogP) is 2.36. The van der Waals surface area contributed by atoms with E-state index in [2.05, 4.69) is 14.8 Å². The van der Waals surface area contributed by atoms with E-state index in [1.165, 1.54) is 6.42 Å². The number of carbonyl (C=O) groups is 1. The largest absolute Gasteiger partial charge is 0.480 e. The number of para-hydroxylation sites is 1. The molecule has 31 heavy (non-hydrogen) atoms. The normalized spacial score (nSPS) is 17.1. The minimum Gasteiger partial charge on any atom is -0.480 e. The molecule has 0 amide bonds. The number of anilines is 1. The molecule has 0 radical (unpaired) electrons. The number of nitrogens with one attached hydrogen (secondary N) is 1. The zero-order chi connectivity index (χ0) is 21.4. The standard InChI is InChI=1S/C23H27N5O3/c29-21(30)15-28-13-16(17-6-2-3-7-20(17)28)12-26-11-8-18-19(14-26)24-23(25-22(18)31)27-9-4-1-5-10-27/h2-3,6-7,13H,1,4-5,8-12,14-15H2,(H,29,30)(H,24,25,31). The van der Waals surface area contributed by atoms with Crippen molar-refractivity contribution < 1.29 is 9.90 Å². The van der Waals surface area contributed by atoms with Gasteiger partial charge in [-0.25, -0.2) is 4.98 Å². The van der Waals surface area contributed by atoms with Crippen molar-refractivity contribution >= 4 is 22.8 Å². The second-order valence-corrected chi connectivity index (χ2v) is 8.52. The van der Waals surface area contributed by atoms with Gasteiger partial charge in [0.05, 0.1) is 5.69 Å². The van der Waals surface area contributed by atoms with Gasteiger partial charge in [0, 0.05) is 55.4 Å². The number of hydrogen-bond acceptors (Lipinski definition) is 5. The van der Waals surface area contributed by atoms with Gasteiger partial charge in [0.1, 0.15) is 6.54 Å². The summed E-state index contributed by atoms with van der Waals surface area (Å²) >= 11 is 0. The Morgan fingerprint density at radius 3 is 2.74 bits per heavy atom. The van der Waals surface area contributed by atoms with Gasteiger partial charge in [0.2, 0.25) is 5.95 Å². The van der Waals surface area contributed by atoms with Gasteiger partial charge in [-0.15, -0.1) is 0 Å². The molecular weight excluding hydrogens is 394 g/mol. The average Bonchev–Trinajstić information content (AvgIpc) is 3.11. The zero-order valence-corrected chi connectivity index (χ0v) is 17.5. The molecule has 4 heterocycles. The molecule has 1 fully saturated rings. The van der Waals surface area contributed by atoms with Crippen LogP contribution in [0.5, 0.6) is 0 Å². The van der Waals surface area contributed by atoms with Crippen LogP contribution in [0.2, 0.25) is 0 Å². The van der Waals surface area contributed by atoms with Gasteiger partial charge in [-0.3, -0.25) is 19.5 Å². The first-order valence-corrected chi connectivity index (χ1v) is 11.0. The quantitative estimate of drug-likeness (QED) is 0.657. The molecule has 8 nitrogen and oxygen atoms in total. The van der Waals surface area contributed by atoms with Crippen molar-refractivity contribution in [2.75, 3.05) is 24.5 Å². The molecule has 0 atom stereocenters. The fourth-order valence-corrected chi connectivity index (χ4v) is 4.84. The third kappa shape index (κ3) is 3.95.